The number of hydrogen-bond acceptors (Lipinski definition) is 2. The third kappa shape index (κ3) is 3.11. The van der Waals surface area contributed by atoms with Gasteiger partial charge in [-0.15, -0.1) is 0 Å². The predicted octanol–water partition coefficient (Wildman–Crippen LogP) is 4.68. The maximum atomic E-state index is 10.9. The van der Waals surface area contributed by atoms with Crippen LogP contribution in [0.25, 0.3) is 6.08 Å². The molecule has 0 aliphatic rings. The molecule has 90 valence electrons. The van der Waals surface area contributed by atoms with Gasteiger partial charge in [0.15, 0.2) is 6.29 Å². The minimum Gasteiger partial charge on any atom is -0.298 e. The minimum absolute atomic E-state index is 0.736. The van der Waals surface area contributed by atoms with E-state index >= 15 is 0 Å². The van der Waals surface area contributed by atoms with Crippen molar-refractivity contribution in [2.45, 2.75) is 16.7 Å². The number of carbonyl (C=O) groups excluding carboxylic acids is 1. The number of carbonyl (C=O) groups is 1. The van der Waals surface area contributed by atoms with Gasteiger partial charge in [0.1, 0.15) is 0 Å². The Kier molecular flexibility index (Phi) is 4.37. The first-order valence-corrected chi connectivity index (χ1v) is 6.60. The van der Waals surface area contributed by atoms with Gasteiger partial charge in [-0.05, 0) is 30.7 Å². The van der Waals surface area contributed by atoms with Crippen molar-refractivity contribution in [3.8, 4) is 0 Å². The van der Waals surface area contributed by atoms with E-state index in [9.17, 15) is 4.79 Å². The van der Waals surface area contributed by atoms with Gasteiger partial charge >= 0.3 is 0 Å². The summed E-state index contributed by atoms with van der Waals surface area (Å²) in [5, 5.41) is 0. The van der Waals surface area contributed by atoms with Crippen molar-refractivity contribution >= 4 is 24.1 Å². The van der Waals surface area contributed by atoms with E-state index in [1.807, 2.05) is 37.3 Å². The molecule has 0 atom stereocenters. The fraction of sp³-hybridized carbons (Fsp3) is 0.0625. The van der Waals surface area contributed by atoms with Crippen molar-refractivity contribution in [1.82, 2.24) is 0 Å². The lowest BCUT2D eigenvalue weighted by atomic mass is 10.2. The lowest BCUT2D eigenvalue weighted by Gasteiger charge is -2.04. The lowest BCUT2D eigenvalue weighted by molar-refractivity contribution is 0.112. The molecule has 0 fully saturated rings. The smallest absolute Gasteiger partial charge is 0.151 e. The Morgan fingerprint density at radius 3 is 2.39 bits per heavy atom. The van der Waals surface area contributed by atoms with Crippen LogP contribution >= 0.6 is 11.8 Å². The fourth-order valence-corrected chi connectivity index (χ4v) is 2.54. The van der Waals surface area contributed by atoms with Crippen LogP contribution in [0.2, 0.25) is 0 Å². The molecule has 0 unspecified atom stereocenters. The summed E-state index contributed by atoms with van der Waals surface area (Å²) in [7, 11) is 0. The molecule has 0 radical (unpaired) electrons. The van der Waals surface area contributed by atoms with Crippen LogP contribution in [0.15, 0.2) is 64.4 Å². The van der Waals surface area contributed by atoms with Gasteiger partial charge in [0.2, 0.25) is 0 Å². The topological polar surface area (TPSA) is 17.1 Å². The van der Waals surface area contributed by atoms with Crippen molar-refractivity contribution in [2.75, 3.05) is 0 Å². The Morgan fingerprint density at radius 2 is 1.72 bits per heavy atom. The maximum Gasteiger partial charge on any atom is 0.151 e. The van der Waals surface area contributed by atoms with Crippen molar-refractivity contribution in [1.29, 1.82) is 0 Å². The average Bonchev–Trinajstić information content (AvgIpc) is 2.42. The molecular formula is C16H14OS. The summed E-state index contributed by atoms with van der Waals surface area (Å²) in [4.78, 5) is 13.1. The van der Waals surface area contributed by atoms with E-state index < -0.39 is 0 Å². The van der Waals surface area contributed by atoms with Crippen LogP contribution in [-0.2, 0) is 0 Å². The molecule has 0 saturated carbocycles. The Hall–Kier alpha value is -1.80. The lowest BCUT2D eigenvalue weighted by Crippen LogP contribution is -1.84. The molecule has 0 bridgehead atoms. The van der Waals surface area contributed by atoms with Crippen LogP contribution in [0.3, 0.4) is 0 Å². The van der Waals surface area contributed by atoms with E-state index in [0.717, 1.165) is 21.6 Å². The highest BCUT2D eigenvalue weighted by Gasteiger charge is 2.02. The van der Waals surface area contributed by atoms with Crippen LogP contribution in [0.5, 0.6) is 0 Å². The molecule has 0 aliphatic heterocycles. The van der Waals surface area contributed by atoms with Gasteiger partial charge in [0.25, 0.3) is 0 Å². The summed E-state index contributed by atoms with van der Waals surface area (Å²) in [6.45, 7) is 2.00. The summed E-state index contributed by atoms with van der Waals surface area (Å²) in [5.74, 6) is 0. The SMILES string of the molecule is C/C=C/c1ccc(Sc2ccccc2C=O)cc1. The van der Waals surface area contributed by atoms with Crippen molar-refractivity contribution in [2.24, 2.45) is 0 Å². The molecular weight excluding hydrogens is 240 g/mol. The van der Waals surface area contributed by atoms with Gasteiger partial charge in [-0.2, -0.15) is 0 Å². The number of benzene rings is 2. The molecule has 2 aromatic carbocycles. The fourth-order valence-electron chi connectivity index (χ4n) is 1.64. The van der Waals surface area contributed by atoms with Crippen molar-refractivity contribution < 1.29 is 4.79 Å². The maximum absolute atomic E-state index is 10.9. The van der Waals surface area contributed by atoms with E-state index in [-0.39, 0.29) is 0 Å². The van der Waals surface area contributed by atoms with Crippen LogP contribution in [0, 0.1) is 0 Å². The summed E-state index contributed by atoms with van der Waals surface area (Å²) < 4.78 is 0. The molecule has 2 aromatic rings. The monoisotopic (exact) mass is 254 g/mol. The number of aldehydes is 1. The standard InChI is InChI=1S/C16H14OS/c1-2-5-13-8-10-15(11-9-13)18-16-7-4-3-6-14(16)12-17/h2-12H,1H3/b5-2+. The van der Waals surface area contributed by atoms with E-state index in [1.54, 1.807) is 11.8 Å². The zero-order chi connectivity index (χ0) is 12.8. The predicted molar refractivity (Wildman–Crippen MR) is 77.1 cm³/mol. The Balaban J connectivity index is 2.20. The van der Waals surface area contributed by atoms with Crippen LogP contribution in [0.1, 0.15) is 22.8 Å². The van der Waals surface area contributed by atoms with Gasteiger partial charge in [-0.3, -0.25) is 4.79 Å². The second-order valence-corrected chi connectivity index (χ2v) is 4.94. The van der Waals surface area contributed by atoms with Gasteiger partial charge in [-0.1, -0.05) is 54.2 Å². The molecule has 0 spiro atoms. The zero-order valence-corrected chi connectivity index (χ0v) is 11.0. The molecule has 0 heterocycles. The van der Waals surface area contributed by atoms with E-state index in [2.05, 4.69) is 30.3 Å². The Bertz CT molecular complexity index is 556. The molecule has 0 N–H and O–H groups in total. The zero-order valence-electron chi connectivity index (χ0n) is 10.2. The third-order valence-corrected chi connectivity index (χ3v) is 3.61. The highest BCUT2D eigenvalue weighted by atomic mass is 32.2. The van der Waals surface area contributed by atoms with Gasteiger partial charge in [0.05, 0.1) is 0 Å². The number of allylic oxidation sites excluding steroid dienone is 1. The Morgan fingerprint density at radius 1 is 1.00 bits per heavy atom. The van der Waals surface area contributed by atoms with E-state index in [1.165, 1.54) is 5.56 Å². The van der Waals surface area contributed by atoms with Crippen LogP contribution < -0.4 is 0 Å². The average molecular weight is 254 g/mol. The minimum atomic E-state index is 0.736. The summed E-state index contributed by atoms with van der Waals surface area (Å²) in [5.41, 5.74) is 1.92. The highest BCUT2D eigenvalue weighted by molar-refractivity contribution is 7.99. The summed E-state index contributed by atoms with van der Waals surface area (Å²) in [6, 6.07) is 15.9. The highest BCUT2D eigenvalue weighted by Crippen LogP contribution is 2.29. The van der Waals surface area contributed by atoms with Crippen LogP contribution in [-0.4, -0.2) is 6.29 Å². The van der Waals surface area contributed by atoms with Crippen LogP contribution in [0.4, 0.5) is 0 Å². The number of hydrogen-bond donors (Lipinski definition) is 0. The van der Waals surface area contributed by atoms with E-state index in [4.69, 9.17) is 0 Å². The van der Waals surface area contributed by atoms with Gasteiger partial charge < -0.3 is 0 Å². The molecule has 0 saturated heterocycles. The van der Waals surface area contributed by atoms with Crippen molar-refractivity contribution in [3.63, 3.8) is 0 Å². The molecule has 1 nitrogen and oxygen atoms in total. The first-order valence-electron chi connectivity index (χ1n) is 5.78. The molecule has 2 heteroatoms. The Labute approximate surface area is 112 Å². The van der Waals surface area contributed by atoms with Gasteiger partial charge in [-0.25, -0.2) is 0 Å². The second-order valence-electron chi connectivity index (χ2n) is 3.83. The molecule has 0 aliphatic carbocycles. The van der Waals surface area contributed by atoms with Gasteiger partial charge in [0, 0.05) is 15.4 Å². The quantitative estimate of drug-likeness (QED) is 0.737. The first kappa shape index (κ1) is 12.7. The summed E-state index contributed by atoms with van der Waals surface area (Å²) in [6.07, 6.45) is 4.98. The second kappa shape index (κ2) is 6.22. The summed E-state index contributed by atoms with van der Waals surface area (Å²) >= 11 is 1.61. The number of rotatable bonds is 4. The first-order chi connectivity index (χ1) is 8.83. The molecule has 0 amide bonds. The molecule has 18 heavy (non-hydrogen) atoms. The normalized spacial score (nSPS) is 10.7. The molecule has 2 rings (SSSR count). The van der Waals surface area contributed by atoms with Crippen molar-refractivity contribution in [3.05, 3.63) is 65.7 Å². The molecule has 0 aromatic heterocycles. The third-order valence-electron chi connectivity index (χ3n) is 2.51. The van der Waals surface area contributed by atoms with E-state index in [0.29, 0.717) is 0 Å². The largest absolute Gasteiger partial charge is 0.298 e.